The van der Waals surface area contributed by atoms with Crippen LogP contribution in [0.5, 0.6) is 5.75 Å². The van der Waals surface area contributed by atoms with E-state index in [-0.39, 0.29) is 18.9 Å². The Kier molecular flexibility index (Phi) is 6.49. The maximum absolute atomic E-state index is 11.6. The smallest absolute Gasteiger partial charge is 0.309 e. The van der Waals surface area contributed by atoms with Crippen molar-refractivity contribution in [3.8, 4) is 5.75 Å². The summed E-state index contributed by atoms with van der Waals surface area (Å²) in [6.07, 6.45) is 0.568. The molecule has 1 aromatic rings. The molecule has 0 aliphatic rings. The van der Waals surface area contributed by atoms with Gasteiger partial charge in [-0.2, -0.15) is 0 Å². The third kappa shape index (κ3) is 6.04. The molecule has 1 aromatic carbocycles. The van der Waals surface area contributed by atoms with Crippen LogP contribution in [-0.4, -0.2) is 30.1 Å². The second-order valence-electron chi connectivity index (χ2n) is 5.32. The van der Waals surface area contributed by atoms with E-state index in [1.54, 1.807) is 38.1 Å². The van der Waals surface area contributed by atoms with Gasteiger partial charge in [0.25, 0.3) is 0 Å². The van der Waals surface area contributed by atoms with E-state index in [0.29, 0.717) is 23.7 Å². The lowest BCUT2D eigenvalue weighted by Crippen LogP contribution is -2.32. The lowest BCUT2D eigenvalue weighted by Gasteiger charge is -2.18. The van der Waals surface area contributed by atoms with Gasteiger partial charge in [0.15, 0.2) is 0 Å². The Morgan fingerprint density at radius 2 is 2.00 bits per heavy atom. The van der Waals surface area contributed by atoms with E-state index in [1.807, 2.05) is 0 Å². The topological polar surface area (TPSA) is 75.6 Å². The summed E-state index contributed by atoms with van der Waals surface area (Å²) < 4.78 is 5.41. The van der Waals surface area contributed by atoms with E-state index in [0.717, 1.165) is 0 Å². The summed E-state index contributed by atoms with van der Waals surface area (Å²) in [5.74, 6) is -0.513. The second kappa shape index (κ2) is 7.88. The molecule has 21 heavy (non-hydrogen) atoms. The Bertz CT molecular complexity index is 502. The molecule has 0 radical (unpaired) electrons. The SMILES string of the molecule is CC(C)(CCNC(=O)CCOc1ccccc1Cl)C(=O)O. The van der Waals surface area contributed by atoms with Crippen LogP contribution in [0.25, 0.3) is 0 Å². The Balaban J connectivity index is 2.23. The molecule has 0 heterocycles. The van der Waals surface area contributed by atoms with Crippen molar-refractivity contribution in [2.75, 3.05) is 13.2 Å². The first kappa shape index (κ1) is 17.3. The molecule has 5 nitrogen and oxygen atoms in total. The summed E-state index contributed by atoms with van der Waals surface area (Å²) in [6, 6.07) is 7.04. The maximum atomic E-state index is 11.6. The number of hydrogen-bond donors (Lipinski definition) is 2. The number of carboxylic acids is 1. The number of ether oxygens (including phenoxy) is 1. The molecular weight excluding hydrogens is 294 g/mol. The minimum atomic E-state index is -0.876. The Morgan fingerprint density at radius 1 is 1.33 bits per heavy atom. The highest BCUT2D eigenvalue weighted by Gasteiger charge is 2.26. The molecular formula is C15H20ClNO4. The van der Waals surface area contributed by atoms with Crippen LogP contribution in [0.4, 0.5) is 0 Å². The summed E-state index contributed by atoms with van der Waals surface area (Å²) >= 11 is 5.92. The highest BCUT2D eigenvalue weighted by Crippen LogP contribution is 2.23. The van der Waals surface area contributed by atoms with Gasteiger partial charge in [-0.25, -0.2) is 0 Å². The van der Waals surface area contributed by atoms with Crippen LogP contribution in [0.2, 0.25) is 5.02 Å². The number of benzene rings is 1. The molecule has 2 N–H and O–H groups in total. The van der Waals surface area contributed by atoms with Crippen LogP contribution in [0.3, 0.4) is 0 Å². The summed E-state index contributed by atoms with van der Waals surface area (Å²) in [5.41, 5.74) is -0.846. The number of carboxylic acid groups (broad SMARTS) is 1. The highest BCUT2D eigenvalue weighted by molar-refractivity contribution is 6.32. The minimum absolute atomic E-state index is 0.178. The van der Waals surface area contributed by atoms with Crippen molar-refractivity contribution in [2.24, 2.45) is 5.41 Å². The van der Waals surface area contributed by atoms with E-state index < -0.39 is 11.4 Å². The third-order valence-electron chi connectivity index (χ3n) is 3.07. The van der Waals surface area contributed by atoms with Gasteiger partial charge >= 0.3 is 5.97 Å². The van der Waals surface area contributed by atoms with Crippen LogP contribution >= 0.6 is 11.6 Å². The highest BCUT2D eigenvalue weighted by atomic mass is 35.5. The number of halogens is 1. The molecule has 0 aliphatic carbocycles. The van der Waals surface area contributed by atoms with Gasteiger partial charge < -0.3 is 15.2 Å². The average molecular weight is 314 g/mol. The van der Waals surface area contributed by atoms with E-state index in [2.05, 4.69) is 5.32 Å². The van der Waals surface area contributed by atoms with E-state index in [1.165, 1.54) is 0 Å². The van der Waals surface area contributed by atoms with Crippen LogP contribution in [-0.2, 0) is 9.59 Å². The predicted octanol–water partition coefficient (Wildman–Crippen LogP) is 2.73. The fourth-order valence-corrected chi connectivity index (χ4v) is 1.72. The molecule has 0 bridgehead atoms. The van der Waals surface area contributed by atoms with Crippen molar-refractivity contribution in [3.05, 3.63) is 29.3 Å². The Morgan fingerprint density at radius 3 is 2.62 bits per heavy atom. The summed E-state index contributed by atoms with van der Waals surface area (Å²) in [6.45, 7) is 3.80. The Hall–Kier alpha value is -1.75. The van der Waals surface area contributed by atoms with Crippen molar-refractivity contribution in [1.29, 1.82) is 0 Å². The van der Waals surface area contributed by atoms with E-state index in [4.69, 9.17) is 21.4 Å². The zero-order chi connectivity index (χ0) is 15.9. The van der Waals surface area contributed by atoms with Gasteiger partial charge in [-0.3, -0.25) is 9.59 Å². The molecule has 0 unspecified atom stereocenters. The number of carbonyl (C=O) groups is 2. The van der Waals surface area contributed by atoms with Crippen molar-refractivity contribution in [3.63, 3.8) is 0 Å². The minimum Gasteiger partial charge on any atom is -0.491 e. The average Bonchev–Trinajstić information content (AvgIpc) is 2.40. The number of carbonyl (C=O) groups excluding carboxylic acids is 1. The zero-order valence-corrected chi connectivity index (χ0v) is 12.9. The molecule has 0 atom stereocenters. The second-order valence-corrected chi connectivity index (χ2v) is 5.73. The number of nitrogens with one attached hydrogen (secondary N) is 1. The first-order valence-corrected chi connectivity index (χ1v) is 7.08. The van der Waals surface area contributed by atoms with Gasteiger partial charge in [0.1, 0.15) is 5.75 Å². The van der Waals surface area contributed by atoms with Gasteiger partial charge in [-0.1, -0.05) is 23.7 Å². The lowest BCUT2D eigenvalue weighted by atomic mass is 9.90. The van der Waals surface area contributed by atoms with E-state index in [9.17, 15) is 9.59 Å². The molecule has 1 rings (SSSR count). The molecule has 0 aromatic heterocycles. The molecule has 0 saturated heterocycles. The van der Waals surface area contributed by atoms with Crippen LogP contribution < -0.4 is 10.1 Å². The number of rotatable bonds is 8. The molecule has 0 fully saturated rings. The standard InChI is InChI=1S/C15H20ClNO4/c1-15(2,14(19)20)8-9-17-13(18)7-10-21-12-6-4-3-5-11(12)16/h3-6H,7-10H2,1-2H3,(H,17,18)(H,19,20). The quantitative estimate of drug-likeness (QED) is 0.773. The Labute approximate surface area is 129 Å². The van der Waals surface area contributed by atoms with Crippen molar-refractivity contribution in [1.82, 2.24) is 5.32 Å². The predicted molar refractivity (Wildman–Crippen MR) is 80.6 cm³/mol. The first-order valence-electron chi connectivity index (χ1n) is 6.70. The van der Waals surface area contributed by atoms with Crippen LogP contribution in [0.15, 0.2) is 24.3 Å². The molecule has 6 heteroatoms. The summed E-state index contributed by atoms with van der Waals surface area (Å²) in [7, 11) is 0. The maximum Gasteiger partial charge on any atom is 0.309 e. The van der Waals surface area contributed by atoms with Gasteiger partial charge in [0.2, 0.25) is 5.91 Å². The fourth-order valence-electron chi connectivity index (χ4n) is 1.53. The van der Waals surface area contributed by atoms with Crippen molar-refractivity contribution >= 4 is 23.5 Å². The molecule has 0 aliphatic heterocycles. The first-order chi connectivity index (χ1) is 9.83. The van der Waals surface area contributed by atoms with E-state index >= 15 is 0 Å². The van der Waals surface area contributed by atoms with Crippen molar-refractivity contribution < 1.29 is 19.4 Å². The van der Waals surface area contributed by atoms with Gasteiger partial charge in [-0.15, -0.1) is 0 Å². The molecule has 0 saturated carbocycles. The van der Waals surface area contributed by atoms with Crippen LogP contribution in [0.1, 0.15) is 26.7 Å². The molecule has 1 amide bonds. The number of amides is 1. The number of para-hydroxylation sites is 1. The fraction of sp³-hybridized carbons (Fsp3) is 0.467. The monoisotopic (exact) mass is 313 g/mol. The van der Waals surface area contributed by atoms with Crippen LogP contribution in [0, 0.1) is 5.41 Å². The third-order valence-corrected chi connectivity index (χ3v) is 3.39. The largest absolute Gasteiger partial charge is 0.491 e. The molecule has 0 spiro atoms. The number of aliphatic carboxylic acids is 1. The summed E-state index contributed by atoms with van der Waals surface area (Å²) in [5, 5.41) is 12.1. The normalized spacial score (nSPS) is 11.0. The number of hydrogen-bond acceptors (Lipinski definition) is 3. The van der Waals surface area contributed by atoms with Gasteiger partial charge in [0.05, 0.1) is 23.5 Å². The summed E-state index contributed by atoms with van der Waals surface area (Å²) in [4.78, 5) is 22.5. The van der Waals surface area contributed by atoms with Gasteiger partial charge in [-0.05, 0) is 32.4 Å². The zero-order valence-electron chi connectivity index (χ0n) is 12.2. The lowest BCUT2D eigenvalue weighted by molar-refractivity contribution is -0.147. The molecule has 116 valence electrons. The van der Waals surface area contributed by atoms with Gasteiger partial charge in [0, 0.05) is 6.54 Å². The van der Waals surface area contributed by atoms with Crippen molar-refractivity contribution in [2.45, 2.75) is 26.7 Å².